The van der Waals surface area contributed by atoms with Crippen molar-refractivity contribution < 1.29 is 4.42 Å². The summed E-state index contributed by atoms with van der Waals surface area (Å²) < 4.78 is 8.91. The van der Waals surface area contributed by atoms with Crippen LogP contribution < -0.4 is 4.90 Å². The van der Waals surface area contributed by atoms with Crippen LogP contribution in [0.25, 0.3) is 86.3 Å². The third-order valence-electron chi connectivity index (χ3n) is 10.8. The van der Waals surface area contributed by atoms with Crippen LogP contribution in [0.1, 0.15) is 0 Å². The van der Waals surface area contributed by atoms with Gasteiger partial charge in [0.25, 0.3) is 0 Å². The van der Waals surface area contributed by atoms with Gasteiger partial charge in [0.15, 0.2) is 0 Å². The molecule has 11 rings (SSSR count). The van der Waals surface area contributed by atoms with Crippen molar-refractivity contribution in [3.63, 3.8) is 0 Å². The third kappa shape index (κ3) is 5.48. The summed E-state index contributed by atoms with van der Waals surface area (Å²) in [6.07, 6.45) is 0. The molecule has 55 heavy (non-hydrogen) atoms. The van der Waals surface area contributed by atoms with Gasteiger partial charge in [-0.15, -0.1) is 11.3 Å². The molecule has 2 heterocycles. The molecule has 0 fully saturated rings. The molecule has 0 atom stereocenters. The van der Waals surface area contributed by atoms with Crippen LogP contribution in [0.3, 0.4) is 0 Å². The largest absolute Gasteiger partial charge is 0.456 e. The van der Waals surface area contributed by atoms with E-state index in [-0.39, 0.29) is 0 Å². The van der Waals surface area contributed by atoms with Crippen molar-refractivity contribution in [1.82, 2.24) is 0 Å². The normalized spacial score (nSPS) is 11.6. The average Bonchev–Trinajstić information content (AvgIpc) is 3.81. The Morgan fingerprint density at radius 2 is 0.945 bits per heavy atom. The van der Waals surface area contributed by atoms with Gasteiger partial charge < -0.3 is 9.32 Å². The Morgan fingerprint density at radius 3 is 1.75 bits per heavy atom. The molecule has 0 aliphatic heterocycles. The molecule has 2 aromatic heterocycles. The van der Waals surface area contributed by atoms with Crippen LogP contribution >= 0.6 is 11.3 Å². The predicted octanol–water partition coefficient (Wildman–Crippen LogP) is 15.6. The van der Waals surface area contributed by atoms with Crippen LogP contribution in [0.4, 0.5) is 17.1 Å². The first-order chi connectivity index (χ1) is 27.2. The summed E-state index contributed by atoms with van der Waals surface area (Å²) in [6, 6.07) is 72.2. The van der Waals surface area contributed by atoms with Crippen molar-refractivity contribution in [3.8, 4) is 33.4 Å². The van der Waals surface area contributed by atoms with E-state index in [4.69, 9.17) is 4.42 Å². The molecule has 0 radical (unpaired) electrons. The number of benzene rings is 9. The van der Waals surface area contributed by atoms with E-state index in [0.29, 0.717) is 0 Å². The summed E-state index contributed by atoms with van der Waals surface area (Å²) in [6.45, 7) is 0. The van der Waals surface area contributed by atoms with Crippen molar-refractivity contribution in [2.45, 2.75) is 0 Å². The molecule has 0 spiro atoms. The lowest BCUT2D eigenvalue weighted by atomic mass is 9.98. The van der Waals surface area contributed by atoms with E-state index in [9.17, 15) is 0 Å². The number of para-hydroxylation sites is 1. The number of hydrogen-bond donors (Lipinski definition) is 0. The monoisotopic (exact) mass is 719 g/mol. The molecule has 11 aromatic rings. The number of anilines is 3. The Morgan fingerprint density at radius 1 is 0.345 bits per heavy atom. The van der Waals surface area contributed by atoms with Crippen LogP contribution in [0.5, 0.6) is 0 Å². The zero-order valence-corrected chi connectivity index (χ0v) is 30.6. The van der Waals surface area contributed by atoms with Crippen LogP contribution in [0, 0.1) is 0 Å². The van der Waals surface area contributed by atoms with E-state index >= 15 is 0 Å². The van der Waals surface area contributed by atoms with Crippen molar-refractivity contribution >= 4 is 81.3 Å². The summed E-state index contributed by atoms with van der Waals surface area (Å²) >= 11 is 1.87. The topological polar surface area (TPSA) is 16.4 Å². The zero-order valence-electron chi connectivity index (χ0n) is 29.8. The maximum atomic E-state index is 6.27. The Bertz CT molecular complexity index is 3190. The molecule has 2 nitrogen and oxygen atoms in total. The number of fused-ring (bicyclic) bond motifs is 7. The van der Waals surface area contributed by atoms with Gasteiger partial charge in [0.05, 0.1) is 0 Å². The van der Waals surface area contributed by atoms with Gasteiger partial charge in [-0.3, -0.25) is 0 Å². The quantitative estimate of drug-likeness (QED) is 0.170. The maximum Gasteiger partial charge on any atom is 0.136 e. The molecule has 0 aliphatic rings. The Kier molecular flexibility index (Phi) is 7.39. The highest BCUT2D eigenvalue weighted by Gasteiger charge is 2.17. The van der Waals surface area contributed by atoms with Crippen molar-refractivity contribution in [2.24, 2.45) is 0 Å². The molecular formula is C52H33NOS. The standard InChI is InChI=1S/C52H33NOS/c1-2-10-34(11-3-1)35-20-25-41(26-21-35)53(43-15-8-14-40(30-43)44-17-9-19-49-52(44)46-16-6-7-18-48(46)54-49)42-27-22-36(23-28-42)39-24-29-45-47-31-37-12-4-5-13-38(37)32-51(47)55-50(45)33-39/h1-33H. The number of furan rings is 1. The Balaban J connectivity index is 1.00. The third-order valence-corrected chi connectivity index (χ3v) is 12.0. The smallest absolute Gasteiger partial charge is 0.136 e. The van der Waals surface area contributed by atoms with Crippen molar-refractivity contribution in [3.05, 3.63) is 200 Å². The number of nitrogens with zero attached hydrogens (tertiary/aromatic N) is 1. The summed E-state index contributed by atoms with van der Waals surface area (Å²) in [4.78, 5) is 2.36. The maximum absolute atomic E-state index is 6.27. The summed E-state index contributed by atoms with van der Waals surface area (Å²) in [5.41, 5.74) is 12.2. The molecule has 0 bridgehead atoms. The minimum atomic E-state index is 0.898. The van der Waals surface area contributed by atoms with E-state index in [1.165, 1.54) is 53.2 Å². The molecule has 0 saturated carbocycles. The fraction of sp³-hybridized carbons (Fsp3) is 0. The first-order valence-corrected chi connectivity index (χ1v) is 19.5. The fourth-order valence-corrected chi connectivity index (χ4v) is 9.33. The molecule has 0 saturated heterocycles. The van der Waals surface area contributed by atoms with Gasteiger partial charge in [0.1, 0.15) is 11.2 Å². The number of rotatable bonds is 6. The Labute approximate surface area is 322 Å². The highest BCUT2D eigenvalue weighted by Crippen LogP contribution is 2.42. The first kappa shape index (κ1) is 31.6. The summed E-state index contributed by atoms with van der Waals surface area (Å²) in [5, 5.41) is 7.48. The van der Waals surface area contributed by atoms with Crippen LogP contribution in [0.15, 0.2) is 205 Å². The second kappa shape index (κ2) is 12.9. The van der Waals surface area contributed by atoms with Crippen LogP contribution in [-0.4, -0.2) is 0 Å². The lowest BCUT2D eigenvalue weighted by molar-refractivity contribution is 0.669. The van der Waals surface area contributed by atoms with Crippen molar-refractivity contribution in [1.29, 1.82) is 0 Å². The van der Waals surface area contributed by atoms with Crippen LogP contribution in [0.2, 0.25) is 0 Å². The van der Waals surface area contributed by atoms with E-state index in [0.717, 1.165) is 50.1 Å². The zero-order chi connectivity index (χ0) is 36.3. The minimum Gasteiger partial charge on any atom is -0.456 e. The van der Waals surface area contributed by atoms with Gasteiger partial charge >= 0.3 is 0 Å². The molecule has 258 valence electrons. The Hall–Kier alpha value is -6.94. The van der Waals surface area contributed by atoms with Gasteiger partial charge in [-0.1, -0.05) is 133 Å². The van der Waals surface area contributed by atoms with E-state index in [1.54, 1.807) is 0 Å². The second-order valence-electron chi connectivity index (χ2n) is 14.1. The van der Waals surface area contributed by atoms with E-state index in [1.807, 2.05) is 23.5 Å². The van der Waals surface area contributed by atoms with Crippen LogP contribution in [-0.2, 0) is 0 Å². The molecule has 0 aliphatic carbocycles. The SMILES string of the molecule is c1ccc(-c2ccc(N(c3ccc(-c4ccc5c(c4)sc4cc6ccccc6cc45)cc3)c3cccc(-c4cccc5oc6ccccc6c45)c3)cc2)cc1. The fourth-order valence-electron chi connectivity index (χ4n) is 8.15. The van der Waals surface area contributed by atoms with E-state index in [2.05, 4.69) is 193 Å². The summed E-state index contributed by atoms with van der Waals surface area (Å²) in [7, 11) is 0. The first-order valence-electron chi connectivity index (χ1n) is 18.7. The van der Waals surface area contributed by atoms with E-state index < -0.39 is 0 Å². The molecule has 3 heteroatoms. The van der Waals surface area contributed by atoms with Gasteiger partial charge in [-0.2, -0.15) is 0 Å². The van der Waals surface area contributed by atoms with Gasteiger partial charge in [-0.25, -0.2) is 0 Å². The molecule has 0 unspecified atom stereocenters. The molecule has 9 aromatic carbocycles. The highest BCUT2D eigenvalue weighted by atomic mass is 32.1. The average molecular weight is 720 g/mol. The van der Waals surface area contributed by atoms with Crippen molar-refractivity contribution in [2.75, 3.05) is 4.90 Å². The highest BCUT2D eigenvalue weighted by molar-refractivity contribution is 7.25. The lowest BCUT2D eigenvalue weighted by Gasteiger charge is -2.26. The second-order valence-corrected chi connectivity index (χ2v) is 15.2. The molecule has 0 N–H and O–H groups in total. The number of hydrogen-bond acceptors (Lipinski definition) is 3. The number of thiophene rings is 1. The van der Waals surface area contributed by atoms with Gasteiger partial charge in [0.2, 0.25) is 0 Å². The van der Waals surface area contributed by atoms with Gasteiger partial charge in [-0.05, 0) is 111 Å². The molecular weight excluding hydrogens is 687 g/mol. The predicted molar refractivity (Wildman–Crippen MR) is 235 cm³/mol. The molecule has 0 amide bonds. The lowest BCUT2D eigenvalue weighted by Crippen LogP contribution is -2.10. The summed E-state index contributed by atoms with van der Waals surface area (Å²) in [5.74, 6) is 0. The minimum absolute atomic E-state index is 0.898. The van der Waals surface area contributed by atoms with Gasteiger partial charge in [0, 0.05) is 48.0 Å².